The normalized spacial score (nSPS) is 14.0. The number of nitrogens with zero attached hydrogens (tertiary/aromatic N) is 6. The van der Waals surface area contributed by atoms with Gasteiger partial charge in [0, 0.05) is 24.7 Å². The number of aromatic nitrogens is 5. The number of hydrogen-bond donors (Lipinski definition) is 1. The van der Waals surface area contributed by atoms with Crippen molar-refractivity contribution in [2.75, 3.05) is 5.32 Å². The second-order valence-corrected chi connectivity index (χ2v) is 6.08. The van der Waals surface area contributed by atoms with E-state index in [-0.39, 0.29) is 34.3 Å². The molecular weight excluding hydrogens is 344 g/mol. The number of anilines is 1. The van der Waals surface area contributed by atoms with Gasteiger partial charge in [0.1, 0.15) is 23.1 Å². The van der Waals surface area contributed by atoms with Crippen molar-refractivity contribution in [1.29, 1.82) is 5.26 Å². The molecular formula is C16H13F2N7O. The number of carbonyl (C=O) groups is 1. The summed E-state index contributed by atoms with van der Waals surface area (Å²) in [6, 6.07) is 4.62. The summed E-state index contributed by atoms with van der Waals surface area (Å²) in [5, 5.41) is 19.4. The maximum absolute atomic E-state index is 13.4. The summed E-state index contributed by atoms with van der Waals surface area (Å²) in [6.07, 6.45) is 0.420. The third-order valence-electron chi connectivity index (χ3n) is 4.22. The predicted molar refractivity (Wildman–Crippen MR) is 85.8 cm³/mol. The van der Waals surface area contributed by atoms with Crippen LogP contribution in [-0.2, 0) is 7.05 Å². The van der Waals surface area contributed by atoms with Gasteiger partial charge in [0.2, 0.25) is 0 Å². The van der Waals surface area contributed by atoms with E-state index < -0.39 is 12.3 Å². The van der Waals surface area contributed by atoms with Crippen LogP contribution in [0.1, 0.15) is 52.6 Å². The minimum absolute atomic E-state index is 0.0718. The number of halogens is 2. The van der Waals surface area contributed by atoms with Crippen molar-refractivity contribution in [3.05, 3.63) is 41.0 Å². The Morgan fingerprint density at radius 2 is 2.19 bits per heavy atom. The molecule has 3 aromatic heterocycles. The van der Waals surface area contributed by atoms with Crippen LogP contribution < -0.4 is 5.32 Å². The molecule has 132 valence electrons. The van der Waals surface area contributed by atoms with E-state index in [2.05, 4.69) is 20.5 Å². The van der Waals surface area contributed by atoms with Crippen LogP contribution in [0.5, 0.6) is 0 Å². The Hall–Kier alpha value is -3.35. The van der Waals surface area contributed by atoms with E-state index in [4.69, 9.17) is 5.26 Å². The number of aryl methyl sites for hydroxylation is 1. The third-order valence-corrected chi connectivity index (χ3v) is 4.22. The molecule has 0 unspecified atom stereocenters. The minimum Gasteiger partial charge on any atom is -0.304 e. The number of amides is 1. The molecule has 0 spiro atoms. The molecule has 1 fully saturated rings. The van der Waals surface area contributed by atoms with Crippen LogP contribution >= 0.6 is 0 Å². The first-order chi connectivity index (χ1) is 12.5. The average molecular weight is 357 g/mol. The van der Waals surface area contributed by atoms with E-state index in [1.54, 1.807) is 7.05 Å². The smallest absolute Gasteiger partial charge is 0.280 e. The number of rotatable bonds is 4. The zero-order valence-corrected chi connectivity index (χ0v) is 13.6. The van der Waals surface area contributed by atoms with Gasteiger partial charge in [-0.2, -0.15) is 15.5 Å². The SMILES string of the molecule is Cn1ncc(C#N)c1NC(=O)c1cc2nc(C3CC3)cc(C(F)F)n2n1. The van der Waals surface area contributed by atoms with Gasteiger partial charge in [0.15, 0.2) is 11.3 Å². The minimum atomic E-state index is -2.74. The Kier molecular flexibility index (Phi) is 3.64. The number of hydrogen-bond acceptors (Lipinski definition) is 5. The number of carbonyl (C=O) groups excluding carboxylic acids is 1. The highest BCUT2D eigenvalue weighted by atomic mass is 19.3. The lowest BCUT2D eigenvalue weighted by molar-refractivity contribution is 0.102. The second kappa shape index (κ2) is 5.87. The second-order valence-electron chi connectivity index (χ2n) is 6.08. The van der Waals surface area contributed by atoms with Gasteiger partial charge in [-0.05, 0) is 18.9 Å². The zero-order chi connectivity index (χ0) is 18.4. The largest absolute Gasteiger partial charge is 0.304 e. The monoisotopic (exact) mass is 357 g/mol. The number of alkyl halides is 2. The molecule has 1 aliphatic carbocycles. The van der Waals surface area contributed by atoms with Crippen molar-refractivity contribution in [1.82, 2.24) is 24.4 Å². The summed E-state index contributed by atoms with van der Waals surface area (Å²) in [7, 11) is 1.57. The molecule has 3 aromatic rings. The van der Waals surface area contributed by atoms with E-state index in [0.29, 0.717) is 5.69 Å². The van der Waals surface area contributed by atoms with Gasteiger partial charge in [0.25, 0.3) is 12.3 Å². The van der Waals surface area contributed by atoms with Gasteiger partial charge in [-0.25, -0.2) is 18.3 Å². The molecule has 0 atom stereocenters. The Balaban J connectivity index is 1.73. The van der Waals surface area contributed by atoms with Gasteiger partial charge < -0.3 is 5.32 Å². The Bertz CT molecular complexity index is 1060. The molecule has 4 rings (SSSR count). The fourth-order valence-corrected chi connectivity index (χ4v) is 2.71. The summed E-state index contributed by atoms with van der Waals surface area (Å²) < 4.78 is 29.1. The summed E-state index contributed by atoms with van der Waals surface area (Å²) in [4.78, 5) is 16.8. The van der Waals surface area contributed by atoms with Crippen LogP contribution in [0.2, 0.25) is 0 Å². The molecule has 8 nitrogen and oxygen atoms in total. The van der Waals surface area contributed by atoms with Gasteiger partial charge in [-0.1, -0.05) is 0 Å². The molecule has 26 heavy (non-hydrogen) atoms. The van der Waals surface area contributed by atoms with Crippen LogP contribution in [0.4, 0.5) is 14.6 Å². The lowest BCUT2D eigenvalue weighted by atomic mass is 10.2. The molecule has 0 bridgehead atoms. The summed E-state index contributed by atoms with van der Waals surface area (Å²) in [6.45, 7) is 0. The highest BCUT2D eigenvalue weighted by molar-refractivity contribution is 6.03. The van der Waals surface area contributed by atoms with Crippen LogP contribution in [0.3, 0.4) is 0 Å². The topological polar surface area (TPSA) is 101 Å². The zero-order valence-electron chi connectivity index (χ0n) is 13.6. The lowest BCUT2D eigenvalue weighted by Gasteiger charge is -2.06. The third kappa shape index (κ3) is 2.67. The first-order valence-electron chi connectivity index (χ1n) is 7.90. The summed E-state index contributed by atoms with van der Waals surface area (Å²) >= 11 is 0. The lowest BCUT2D eigenvalue weighted by Crippen LogP contribution is -2.16. The fourth-order valence-electron chi connectivity index (χ4n) is 2.71. The number of nitrogens with one attached hydrogen (secondary N) is 1. The molecule has 0 radical (unpaired) electrons. The van der Waals surface area contributed by atoms with Crippen molar-refractivity contribution in [2.45, 2.75) is 25.2 Å². The van der Waals surface area contributed by atoms with Crippen LogP contribution in [0.25, 0.3) is 5.65 Å². The Morgan fingerprint density at radius 1 is 1.42 bits per heavy atom. The van der Waals surface area contributed by atoms with Gasteiger partial charge >= 0.3 is 0 Å². The molecule has 1 N–H and O–H groups in total. The highest BCUT2D eigenvalue weighted by Gasteiger charge is 2.28. The molecule has 10 heteroatoms. The van der Waals surface area contributed by atoms with Gasteiger partial charge in [-0.15, -0.1) is 0 Å². The molecule has 1 amide bonds. The first kappa shape index (κ1) is 16.1. The molecule has 0 saturated heterocycles. The van der Waals surface area contributed by atoms with Crippen LogP contribution in [0, 0.1) is 11.3 Å². The number of fused-ring (bicyclic) bond motifs is 1. The number of nitriles is 1. The van der Waals surface area contributed by atoms with Gasteiger partial charge in [0.05, 0.1) is 6.20 Å². The van der Waals surface area contributed by atoms with E-state index >= 15 is 0 Å². The highest BCUT2D eigenvalue weighted by Crippen LogP contribution is 2.40. The maximum Gasteiger partial charge on any atom is 0.280 e. The van der Waals surface area contributed by atoms with Crippen molar-refractivity contribution in [3.8, 4) is 6.07 Å². The van der Waals surface area contributed by atoms with E-state index in [9.17, 15) is 13.6 Å². The molecule has 0 aliphatic heterocycles. The van der Waals surface area contributed by atoms with Crippen LogP contribution in [0.15, 0.2) is 18.3 Å². The molecule has 3 heterocycles. The maximum atomic E-state index is 13.4. The van der Waals surface area contributed by atoms with Crippen molar-refractivity contribution in [3.63, 3.8) is 0 Å². The quantitative estimate of drug-likeness (QED) is 0.773. The summed E-state index contributed by atoms with van der Waals surface area (Å²) in [5.74, 6) is -0.239. The van der Waals surface area contributed by atoms with E-state index in [0.717, 1.165) is 17.4 Å². The predicted octanol–water partition coefficient (Wildman–Crippen LogP) is 2.40. The molecule has 1 aliphatic rings. The molecule has 0 aromatic carbocycles. The standard InChI is InChI=1S/C16H13F2N7O/c1-24-15(9(6-19)7-20-24)22-16(26)11-5-13-21-10(8-2-3-8)4-12(14(17)18)25(13)23-11/h4-5,7-8,14H,2-3H2,1H3,(H,22,26). The van der Waals surface area contributed by atoms with Crippen molar-refractivity contribution in [2.24, 2.45) is 7.05 Å². The first-order valence-corrected chi connectivity index (χ1v) is 7.90. The van der Waals surface area contributed by atoms with Crippen molar-refractivity contribution >= 4 is 17.4 Å². The van der Waals surface area contributed by atoms with E-state index in [1.807, 2.05) is 6.07 Å². The van der Waals surface area contributed by atoms with Crippen LogP contribution in [-0.4, -0.2) is 30.3 Å². The van der Waals surface area contributed by atoms with Crippen molar-refractivity contribution < 1.29 is 13.6 Å². The van der Waals surface area contributed by atoms with E-state index in [1.165, 1.54) is 23.0 Å². The Labute approximate surface area is 146 Å². The average Bonchev–Trinajstić information content (AvgIpc) is 3.28. The summed E-state index contributed by atoms with van der Waals surface area (Å²) in [5.41, 5.74) is 0.608. The van der Waals surface area contributed by atoms with Gasteiger partial charge in [-0.3, -0.25) is 9.48 Å². The Morgan fingerprint density at radius 3 is 2.85 bits per heavy atom. The molecule has 1 saturated carbocycles. The fraction of sp³-hybridized carbons (Fsp3) is 0.312.